The molecule has 2 aromatic heterocycles. The molecule has 1 unspecified atom stereocenters. The molecule has 4 rings (SSSR count). The number of hydrogen-bond acceptors (Lipinski definition) is 4. The third-order valence-corrected chi connectivity index (χ3v) is 4.56. The lowest BCUT2D eigenvalue weighted by Crippen LogP contribution is -2.05. The molecule has 3 aromatic rings. The van der Waals surface area contributed by atoms with E-state index in [4.69, 9.17) is 10.5 Å². The molecule has 4 nitrogen and oxygen atoms in total. The Morgan fingerprint density at radius 1 is 1.45 bits per heavy atom. The zero-order valence-corrected chi connectivity index (χ0v) is 11.8. The quantitative estimate of drug-likeness (QED) is 0.805. The number of nitrogens with two attached hydrogens (primary N) is 1. The monoisotopic (exact) mass is 285 g/mol. The van der Waals surface area contributed by atoms with E-state index in [0.29, 0.717) is 6.61 Å². The number of fused-ring (bicyclic) bond motifs is 2. The number of ether oxygens (including phenoxy) is 1. The van der Waals surface area contributed by atoms with Crippen molar-refractivity contribution in [3.8, 4) is 5.75 Å². The molecular formula is C15H15N3OS. The van der Waals surface area contributed by atoms with E-state index in [0.717, 1.165) is 29.2 Å². The second-order valence-electron chi connectivity index (χ2n) is 5.08. The van der Waals surface area contributed by atoms with Crippen LogP contribution in [0.2, 0.25) is 0 Å². The Bertz CT molecular complexity index is 733. The van der Waals surface area contributed by atoms with E-state index >= 15 is 0 Å². The predicted octanol–water partition coefficient (Wildman–Crippen LogP) is 2.92. The molecule has 20 heavy (non-hydrogen) atoms. The SMILES string of the molecule is NC1CCc2c(OCc3cn4ccsc4n3)cccc21. The molecule has 1 aliphatic carbocycles. The third-order valence-electron chi connectivity index (χ3n) is 3.79. The molecule has 0 saturated carbocycles. The Morgan fingerprint density at radius 3 is 3.30 bits per heavy atom. The summed E-state index contributed by atoms with van der Waals surface area (Å²) in [5, 5.41) is 2.03. The van der Waals surface area contributed by atoms with Gasteiger partial charge in [0.2, 0.25) is 0 Å². The van der Waals surface area contributed by atoms with Gasteiger partial charge in [-0.2, -0.15) is 0 Å². The van der Waals surface area contributed by atoms with Gasteiger partial charge in [0, 0.05) is 23.8 Å². The second kappa shape index (κ2) is 4.61. The zero-order chi connectivity index (χ0) is 13.5. The van der Waals surface area contributed by atoms with Gasteiger partial charge in [-0.05, 0) is 30.0 Å². The molecular weight excluding hydrogens is 270 g/mol. The maximum atomic E-state index is 6.09. The van der Waals surface area contributed by atoms with Crippen LogP contribution >= 0.6 is 11.3 Å². The first-order valence-electron chi connectivity index (χ1n) is 6.72. The largest absolute Gasteiger partial charge is 0.487 e. The molecule has 0 spiro atoms. The summed E-state index contributed by atoms with van der Waals surface area (Å²) < 4.78 is 7.98. The van der Waals surface area contributed by atoms with Crippen LogP contribution in [0, 0.1) is 0 Å². The average Bonchev–Trinajstić information content (AvgIpc) is 3.11. The van der Waals surface area contributed by atoms with Crippen LogP contribution in [-0.4, -0.2) is 9.38 Å². The van der Waals surface area contributed by atoms with E-state index in [1.165, 1.54) is 11.1 Å². The van der Waals surface area contributed by atoms with Crippen molar-refractivity contribution in [1.82, 2.24) is 9.38 Å². The van der Waals surface area contributed by atoms with Gasteiger partial charge < -0.3 is 10.5 Å². The Morgan fingerprint density at radius 2 is 2.40 bits per heavy atom. The van der Waals surface area contributed by atoms with Gasteiger partial charge in [-0.3, -0.25) is 4.40 Å². The van der Waals surface area contributed by atoms with Crippen LogP contribution in [0.3, 0.4) is 0 Å². The highest BCUT2D eigenvalue weighted by Gasteiger charge is 2.22. The lowest BCUT2D eigenvalue weighted by Gasteiger charge is -2.10. The summed E-state index contributed by atoms with van der Waals surface area (Å²) in [6, 6.07) is 6.30. The molecule has 5 heteroatoms. The van der Waals surface area contributed by atoms with E-state index in [9.17, 15) is 0 Å². The van der Waals surface area contributed by atoms with Gasteiger partial charge in [0.15, 0.2) is 4.96 Å². The molecule has 1 aliphatic rings. The van der Waals surface area contributed by atoms with Crippen molar-refractivity contribution >= 4 is 16.3 Å². The first-order chi connectivity index (χ1) is 9.81. The van der Waals surface area contributed by atoms with Crippen LogP contribution < -0.4 is 10.5 Å². The average molecular weight is 285 g/mol. The molecule has 1 atom stereocenters. The van der Waals surface area contributed by atoms with E-state index in [-0.39, 0.29) is 6.04 Å². The molecule has 0 radical (unpaired) electrons. The minimum Gasteiger partial charge on any atom is -0.487 e. The highest BCUT2D eigenvalue weighted by molar-refractivity contribution is 7.15. The zero-order valence-electron chi connectivity index (χ0n) is 11.0. The summed E-state index contributed by atoms with van der Waals surface area (Å²) in [7, 11) is 0. The Labute approximate surface area is 120 Å². The second-order valence-corrected chi connectivity index (χ2v) is 5.96. The van der Waals surface area contributed by atoms with Gasteiger partial charge in [-0.15, -0.1) is 11.3 Å². The molecule has 102 valence electrons. The van der Waals surface area contributed by atoms with E-state index < -0.39 is 0 Å². The minimum absolute atomic E-state index is 0.159. The number of nitrogens with zero attached hydrogens (tertiary/aromatic N) is 2. The van der Waals surface area contributed by atoms with Crippen molar-refractivity contribution in [1.29, 1.82) is 0 Å². The van der Waals surface area contributed by atoms with Gasteiger partial charge in [0.25, 0.3) is 0 Å². The lowest BCUT2D eigenvalue weighted by atomic mass is 10.1. The van der Waals surface area contributed by atoms with E-state index in [2.05, 4.69) is 11.1 Å². The standard InChI is InChI=1S/C15H15N3OS/c16-13-5-4-12-11(13)2-1-3-14(12)19-9-10-8-18-6-7-20-15(18)17-10/h1-3,6-8,13H,4-5,9,16H2. The fraction of sp³-hybridized carbons (Fsp3) is 0.267. The number of aromatic nitrogens is 2. The first-order valence-corrected chi connectivity index (χ1v) is 7.60. The van der Waals surface area contributed by atoms with Crippen molar-refractivity contribution in [3.63, 3.8) is 0 Å². The smallest absolute Gasteiger partial charge is 0.193 e. The third kappa shape index (κ3) is 1.90. The fourth-order valence-corrected chi connectivity index (χ4v) is 3.50. The maximum Gasteiger partial charge on any atom is 0.193 e. The number of imidazole rings is 1. The molecule has 2 N–H and O–H groups in total. The Hall–Kier alpha value is -1.85. The predicted molar refractivity (Wildman–Crippen MR) is 79.1 cm³/mol. The van der Waals surface area contributed by atoms with Crippen LogP contribution in [0.4, 0.5) is 0 Å². The van der Waals surface area contributed by atoms with E-state index in [1.54, 1.807) is 11.3 Å². The number of benzene rings is 1. The van der Waals surface area contributed by atoms with Crippen LogP contribution in [0.25, 0.3) is 4.96 Å². The molecule has 1 aromatic carbocycles. The summed E-state index contributed by atoms with van der Waals surface area (Å²) >= 11 is 1.63. The summed E-state index contributed by atoms with van der Waals surface area (Å²) in [5.74, 6) is 0.951. The normalized spacial score (nSPS) is 17.6. The Balaban J connectivity index is 1.56. The fourth-order valence-electron chi connectivity index (χ4n) is 2.79. The molecule has 0 amide bonds. The van der Waals surface area contributed by atoms with E-state index in [1.807, 2.05) is 34.3 Å². The van der Waals surface area contributed by atoms with Crippen LogP contribution in [0.5, 0.6) is 5.75 Å². The first kappa shape index (κ1) is 11.9. The highest BCUT2D eigenvalue weighted by Crippen LogP contribution is 2.35. The van der Waals surface area contributed by atoms with Crippen molar-refractivity contribution in [2.75, 3.05) is 0 Å². The van der Waals surface area contributed by atoms with Gasteiger partial charge in [0.1, 0.15) is 12.4 Å². The van der Waals surface area contributed by atoms with Gasteiger partial charge in [-0.1, -0.05) is 12.1 Å². The summed E-state index contributed by atoms with van der Waals surface area (Å²) in [6.45, 7) is 0.500. The van der Waals surface area contributed by atoms with Crippen molar-refractivity contribution < 1.29 is 4.74 Å². The molecule has 0 fully saturated rings. The van der Waals surface area contributed by atoms with Crippen molar-refractivity contribution in [2.24, 2.45) is 5.73 Å². The molecule has 2 heterocycles. The number of thiazole rings is 1. The summed E-state index contributed by atoms with van der Waals surface area (Å²) in [5.41, 5.74) is 9.54. The van der Waals surface area contributed by atoms with Crippen LogP contribution in [-0.2, 0) is 13.0 Å². The van der Waals surface area contributed by atoms with Gasteiger partial charge in [0.05, 0.1) is 5.69 Å². The van der Waals surface area contributed by atoms with Crippen molar-refractivity contribution in [3.05, 3.63) is 52.8 Å². The summed E-state index contributed by atoms with van der Waals surface area (Å²) in [6.07, 6.45) is 6.04. The Kier molecular flexibility index (Phi) is 2.75. The molecule has 0 aliphatic heterocycles. The topological polar surface area (TPSA) is 52.5 Å². The lowest BCUT2D eigenvalue weighted by molar-refractivity contribution is 0.299. The van der Waals surface area contributed by atoms with Crippen LogP contribution in [0.1, 0.15) is 29.3 Å². The summed E-state index contributed by atoms with van der Waals surface area (Å²) in [4.78, 5) is 5.53. The van der Waals surface area contributed by atoms with Crippen LogP contribution in [0.15, 0.2) is 36.0 Å². The van der Waals surface area contributed by atoms with Crippen molar-refractivity contribution in [2.45, 2.75) is 25.5 Å². The minimum atomic E-state index is 0.159. The number of hydrogen-bond donors (Lipinski definition) is 1. The molecule has 0 bridgehead atoms. The number of rotatable bonds is 3. The van der Waals surface area contributed by atoms with Gasteiger partial charge >= 0.3 is 0 Å². The highest BCUT2D eigenvalue weighted by atomic mass is 32.1. The van der Waals surface area contributed by atoms with Gasteiger partial charge in [-0.25, -0.2) is 4.98 Å². The molecule has 0 saturated heterocycles. The maximum absolute atomic E-state index is 6.09.